The van der Waals surface area contributed by atoms with E-state index >= 15 is 0 Å². The van der Waals surface area contributed by atoms with Gasteiger partial charge in [0, 0.05) is 19.2 Å². The number of hydrogen-bond donors (Lipinski definition) is 2. The van der Waals surface area contributed by atoms with Gasteiger partial charge in [-0.15, -0.1) is 10.2 Å². The maximum absolute atomic E-state index is 11.9. The third-order valence-corrected chi connectivity index (χ3v) is 4.89. The van der Waals surface area contributed by atoms with Crippen LogP contribution in [-0.4, -0.2) is 39.0 Å². The summed E-state index contributed by atoms with van der Waals surface area (Å²) in [4.78, 5) is 23.5. The van der Waals surface area contributed by atoms with Crippen molar-refractivity contribution >= 4 is 35.3 Å². The average Bonchev–Trinajstić information content (AvgIpc) is 2.93. The summed E-state index contributed by atoms with van der Waals surface area (Å²) in [6, 6.07) is 6.87. The summed E-state index contributed by atoms with van der Waals surface area (Å²) in [5, 5.41) is 14.3. The first-order chi connectivity index (χ1) is 12.4. The van der Waals surface area contributed by atoms with E-state index in [4.69, 9.17) is 11.6 Å². The van der Waals surface area contributed by atoms with Crippen molar-refractivity contribution in [2.75, 3.05) is 12.3 Å². The van der Waals surface area contributed by atoms with Crippen LogP contribution < -0.4 is 10.6 Å². The Bertz CT molecular complexity index is 778. The van der Waals surface area contributed by atoms with Gasteiger partial charge in [0.2, 0.25) is 5.91 Å². The smallest absolute Gasteiger partial charge is 0.321 e. The van der Waals surface area contributed by atoms with Crippen LogP contribution in [-0.2, 0) is 11.8 Å². The van der Waals surface area contributed by atoms with Crippen LogP contribution in [0, 0.1) is 5.92 Å². The molecule has 0 aliphatic carbocycles. The molecule has 7 nitrogen and oxygen atoms in total. The van der Waals surface area contributed by atoms with Crippen molar-refractivity contribution in [3.8, 4) is 11.4 Å². The Hall–Kier alpha value is -2.06. The lowest BCUT2D eigenvalue weighted by molar-refractivity contribution is -0.117. The molecule has 26 heavy (non-hydrogen) atoms. The number of carbonyl (C=O) groups is 2. The van der Waals surface area contributed by atoms with E-state index in [1.54, 1.807) is 17.7 Å². The predicted molar refractivity (Wildman–Crippen MR) is 103 cm³/mol. The molecule has 1 heterocycles. The van der Waals surface area contributed by atoms with Gasteiger partial charge in [-0.05, 0) is 24.5 Å². The highest BCUT2D eigenvalue weighted by Gasteiger charge is 2.15. The summed E-state index contributed by atoms with van der Waals surface area (Å²) in [6.07, 6.45) is 0.861. The molecule has 0 saturated heterocycles. The highest BCUT2D eigenvalue weighted by Crippen LogP contribution is 2.28. The van der Waals surface area contributed by atoms with Crippen LogP contribution in [0.4, 0.5) is 4.79 Å². The normalized spacial score (nSPS) is 10.8. The van der Waals surface area contributed by atoms with E-state index in [9.17, 15) is 9.59 Å². The van der Waals surface area contributed by atoms with Crippen molar-refractivity contribution in [3.05, 3.63) is 29.3 Å². The molecule has 9 heteroatoms. The van der Waals surface area contributed by atoms with Crippen molar-refractivity contribution in [1.29, 1.82) is 0 Å². The quantitative estimate of drug-likeness (QED) is 0.703. The average molecular weight is 396 g/mol. The lowest BCUT2D eigenvalue weighted by atomic mass is 10.1. The molecule has 2 aromatic rings. The van der Waals surface area contributed by atoms with Gasteiger partial charge in [0.15, 0.2) is 11.0 Å². The minimum absolute atomic E-state index is 0.0616. The fourth-order valence-electron chi connectivity index (χ4n) is 2.13. The van der Waals surface area contributed by atoms with E-state index in [1.807, 2.05) is 18.2 Å². The summed E-state index contributed by atoms with van der Waals surface area (Å²) in [5.41, 5.74) is 0.769. The lowest BCUT2D eigenvalue weighted by Crippen LogP contribution is -2.40. The highest BCUT2D eigenvalue weighted by molar-refractivity contribution is 7.99. The van der Waals surface area contributed by atoms with Gasteiger partial charge in [0.1, 0.15) is 0 Å². The number of thioether (sulfide) groups is 1. The van der Waals surface area contributed by atoms with E-state index in [1.165, 1.54) is 11.8 Å². The number of aromatic nitrogens is 3. The molecule has 0 bridgehead atoms. The number of hydrogen-bond acceptors (Lipinski definition) is 5. The number of carbonyl (C=O) groups excluding carboxylic acids is 2. The molecule has 0 unspecified atom stereocenters. The molecule has 0 aliphatic heterocycles. The van der Waals surface area contributed by atoms with Crippen molar-refractivity contribution < 1.29 is 9.59 Å². The van der Waals surface area contributed by atoms with Crippen LogP contribution in [0.3, 0.4) is 0 Å². The Morgan fingerprint density at radius 1 is 1.27 bits per heavy atom. The molecule has 0 fully saturated rings. The second kappa shape index (κ2) is 9.59. The summed E-state index contributed by atoms with van der Waals surface area (Å²) in [7, 11) is 1.80. The van der Waals surface area contributed by atoms with Crippen LogP contribution in [0.1, 0.15) is 20.3 Å². The molecule has 3 amide bonds. The molecule has 0 radical (unpaired) electrons. The van der Waals surface area contributed by atoms with Gasteiger partial charge in [-0.2, -0.15) is 0 Å². The number of halogens is 1. The summed E-state index contributed by atoms with van der Waals surface area (Å²) in [5.74, 6) is 0.778. The maximum atomic E-state index is 11.9. The predicted octanol–water partition coefficient (Wildman–Crippen LogP) is 3.10. The lowest BCUT2D eigenvalue weighted by Gasteiger charge is -2.08. The fourth-order valence-corrected chi connectivity index (χ4v) is 3.06. The number of urea groups is 1. The van der Waals surface area contributed by atoms with Gasteiger partial charge in [0.05, 0.1) is 10.8 Å². The molecular weight excluding hydrogens is 374 g/mol. The SMILES string of the molecule is CC(C)CCNC(=O)NC(=O)CSc1nnc(-c2ccccc2Cl)n1C. The Labute approximate surface area is 161 Å². The van der Waals surface area contributed by atoms with Crippen LogP contribution in [0.25, 0.3) is 11.4 Å². The van der Waals surface area contributed by atoms with E-state index in [0.29, 0.717) is 28.5 Å². The van der Waals surface area contributed by atoms with Gasteiger partial charge in [-0.3, -0.25) is 10.1 Å². The minimum Gasteiger partial charge on any atom is -0.338 e. The number of nitrogens with one attached hydrogen (secondary N) is 2. The Kier molecular flexibility index (Phi) is 7.47. The molecule has 1 aromatic carbocycles. The molecular formula is C17H22ClN5O2S. The topological polar surface area (TPSA) is 88.9 Å². The molecule has 0 atom stereocenters. The van der Waals surface area contributed by atoms with Gasteiger partial charge >= 0.3 is 6.03 Å². The monoisotopic (exact) mass is 395 g/mol. The van der Waals surface area contributed by atoms with Crippen LogP contribution >= 0.6 is 23.4 Å². The summed E-state index contributed by atoms with van der Waals surface area (Å²) >= 11 is 7.39. The van der Waals surface area contributed by atoms with Gasteiger partial charge in [-0.25, -0.2) is 4.79 Å². The Balaban J connectivity index is 1.87. The van der Waals surface area contributed by atoms with Gasteiger partial charge in [-0.1, -0.05) is 49.3 Å². The highest BCUT2D eigenvalue weighted by atomic mass is 35.5. The number of nitrogens with zero attached hydrogens (tertiary/aromatic N) is 3. The summed E-state index contributed by atoms with van der Waals surface area (Å²) in [6.45, 7) is 4.67. The first-order valence-corrected chi connectivity index (χ1v) is 9.59. The van der Waals surface area contributed by atoms with E-state index < -0.39 is 6.03 Å². The number of rotatable bonds is 7. The molecule has 2 N–H and O–H groups in total. The second-order valence-electron chi connectivity index (χ2n) is 6.12. The molecule has 0 spiro atoms. The summed E-state index contributed by atoms with van der Waals surface area (Å²) < 4.78 is 1.77. The van der Waals surface area contributed by atoms with Crippen LogP contribution in [0.2, 0.25) is 5.02 Å². The van der Waals surface area contributed by atoms with Crippen molar-refractivity contribution in [1.82, 2.24) is 25.4 Å². The first-order valence-electron chi connectivity index (χ1n) is 8.23. The van der Waals surface area contributed by atoms with Crippen LogP contribution in [0.5, 0.6) is 0 Å². The standard InChI is InChI=1S/C17H22ClN5O2S/c1-11(2)8-9-19-16(25)20-14(24)10-26-17-22-21-15(23(17)3)12-6-4-5-7-13(12)18/h4-7,11H,8-10H2,1-3H3,(H2,19,20,24,25). The zero-order chi connectivity index (χ0) is 19.1. The molecule has 1 aromatic heterocycles. The van der Waals surface area contributed by atoms with Crippen molar-refractivity contribution in [2.45, 2.75) is 25.4 Å². The van der Waals surface area contributed by atoms with E-state index in [-0.39, 0.29) is 11.7 Å². The first kappa shape index (κ1) is 20.3. The number of amides is 3. The van der Waals surface area contributed by atoms with E-state index in [2.05, 4.69) is 34.7 Å². The van der Waals surface area contributed by atoms with Crippen molar-refractivity contribution in [2.24, 2.45) is 13.0 Å². The third kappa shape index (κ3) is 5.74. The fraction of sp³-hybridized carbons (Fsp3) is 0.412. The molecule has 0 saturated carbocycles. The maximum Gasteiger partial charge on any atom is 0.321 e. The zero-order valence-electron chi connectivity index (χ0n) is 15.0. The zero-order valence-corrected chi connectivity index (χ0v) is 16.5. The number of benzene rings is 1. The minimum atomic E-state index is -0.481. The van der Waals surface area contributed by atoms with Gasteiger partial charge < -0.3 is 9.88 Å². The van der Waals surface area contributed by atoms with E-state index in [0.717, 1.165) is 12.0 Å². The second-order valence-corrected chi connectivity index (χ2v) is 7.47. The van der Waals surface area contributed by atoms with Crippen LogP contribution in [0.15, 0.2) is 29.4 Å². The molecule has 2 rings (SSSR count). The van der Waals surface area contributed by atoms with Gasteiger partial charge in [0.25, 0.3) is 0 Å². The largest absolute Gasteiger partial charge is 0.338 e. The number of imide groups is 1. The van der Waals surface area contributed by atoms with Crippen molar-refractivity contribution in [3.63, 3.8) is 0 Å². The molecule has 0 aliphatic rings. The molecule has 140 valence electrons. The third-order valence-electron chi connectivity index (χ3n) is 3.54. The Morgan fingerprint density at radius 2 is 2.00 bits per heavy atom. The Morgan fingerprint density at radius 3 is 2.69 bits per heavy atom.